The topological polar surface area (TPSA) is 74.6 Å². The Hall–Kier alpha value is -1.42. The number of rotatable bonds is 1. The quantitative estimate of drug-likeness (QED) is 0.450. The molecule has 5 aliphatic rings. The molecule has 0 spiro atoms. The third-order valence-electron chi connectivity index (χ3n) is 12.8. The summed E-state index contributed by atoms with van der Waals surface area (Å²) in [5.41, 5.74) is -1.28. The van der Waals surface area contributed by atoms with Crippen molar-refractivity contribution in [1.29, 1.82) is 0 Å². The number of carboxylic acid groups (broad SMARTS) is 1. The van der Waals surface area contributed by atoms with Gasteiger partial charge in [0.05, 0.1) is 11.0 Å². The van der Waals surface area contributed by atoms with Gasteiger partial charge < -0.3 is 10.2 Å². The van der Waals surface area contributed by atoms with Gasteiger partial charge in [0.1, 0.15) is 0 Å². The lowest BCUT2D eigenvalue weighted by Gasteiger charge is -2.70. The van der Waals surface area contributed by atoms with Crippen molar-refractivity contribution >= 4 is 11.8 Å². The van der Waals surface area contributed by atoms with E-state index in [1.165, 1.54) is 5.57 Å². The van der Waals surface area contributed by atoms with Gasteiger partial charge in [-0.3, -0.25) is 9.59 Å². The van der Waals surface area contributed by atoms with E-state index in [0.29, 0.717) is 24.7 Å². The summed E-state index contributed by atoms with van der Waals surface area (Å²) in [5.74, 6) is -0.0598. The summed E-state index contributed by atoms with van der Waals surface area (Å²) >= 11 is 0. The Balaban J connectivity index is 1.67. The molecule has 0 heterocycles. The van der Waals surface area contributed by atoms with E-state index in [9.17, 15) is 19.8 Å². The van der Waals surface area contributed by atoms with Gasteiger partial charge in [-0.25, -0.2) is 0 Å². The maximum atomic E-state index is 12.8. The lowest BCUT2D eigenvalue weighted by molar-refractivity contribution is -0.199. The summed E-state index contributed by atoms with van der Waals surface area (Å²) in [4.78, 5) is 25.6. The van der Waals surface area contributed by atoms with Crippen molar-refractivity contribution in [3.8, 4) is 0 Å². The molecule has 9 atom stereocenters. The molecule has 9 unspecified atom stereocenters. The van der Waals surface area contributed by atoms with Crippen LogP contribution in [0, 0.1) is 50.7 Å². The van der Waals surface area contributed by atoms with E-state index < -0.39 is 17.0 Å². The Labute approximate surface area is 205 Å². The summed E-state index contributed by atoms with van der Waals surface area (Å²) in [5, 5.41) is 22.4. The monoisotopic (exact) mass is 468 g/mol. The fourth-order valence-corrected chi connectivity index (χ4v) is 10.2. The Bertz CT molecular complexity index is 1000. The third-order valence-corrected chi connectivity index (χ3v) is 12.8. The first kappa shape index (κ1) is 24.3. The molecule has 4 heteroatoms. The minimum atomic E-state index is -1.03. The van der Waals surface area contributed by atoms with E-state index in [1.807, 2.05) is 13.0 Å². The fraction of sp³-hybridized carbons (Fsp3) is 0.800. The average molecular weight is 469 g/mol. The lowest BCUT2D eigenvalue weighted by Crippen LogP contribution is -2.67. The summed E-state index contributed by atoms with van der Waals surface area (Å²) in [6.45, 7) is 15.4. The van der Waals surface area contributed by atoms with Crippen molar-refractivity contribution < 1.29 is 19.8 Å². The highest BCUT2D eigenvalue weighted by molar-refractivity contribution is 5.95. The maximum Gasteiger partial charge on any atom is 0.310 e. The first-order valence-electron chi connectivity index (χ1n) is 13.5. The zero-order chi connectivity index (χ0) is 25.1. The number of hydrogen-bond acceptors (Lipinski definition) is 3. The number of aliphatic carboxylic acids is 1. The van der Waals surface area contributed by atoms with Crippen LogP contribution in [0.1, 0.15) is 93.4 Å². The third kappa shape index (κ3) is 2.59. The first-order valence-corrected chi connectivity index (χ1v) is 13.5. The molecule has 3 saturated carbocycles. The molecule has 0 aromatic rings. The van der Waals surface area contributed by atoms with Gasteiger partial charge in [0.15, 0.2) is 5.78 Å². The van der Waals surface area contributed by atoms with Crippen molar-refractivity contribution in [1.82, 2.24) is 0 Å². The molecule has 0 saturated heterocycles. The molecule has 5 aliphatic carbocycles. The molecule has 188 valence electrons. The Kier molecular flexibility index (Phi) is 4.90. The minimum absolute atomic E-state index is 0.00936. The smallest absolute Gasteiger partial charge is 0.310 e. The van der Waals surface area contributed by atoms with Gasteiger partial charge in [0, 0.05) is 11.3 Å². The Morgan fingerprint density at radius 2 is 1.65 bits per heavy atom. The van der Waals surface area contributed by atoms with Gasteiger partial charge in [-0.05, 0) is 91.9 Å². The normalized spacial score (nSPS) is 53.6. The Morgan fingerprint density at radius 1 is 0.971 bits per heavy atom. The van der Waals surface area contributed by atoms with Gasteiger partial charge in [0.25, 0.3) is 0 Å². The van der Waals surface area contributed by atoms with E-state index in [2.05, 4.69) is 53.7 Å². The fourth-order valence-electron chi connectivity index (χ4n) is 10.2. The molecule has 2 N–H and O–H groups in total. The van der Waals surface area contributed by atoms with Crippen LogP contribution in [0.25, 0.3) is 0 Å². The van der Waals surface area contributed by atoms with E-state index >= 15 is 0 Å². The molecule has 0 amide bonds. The van der Waals surface area contributed by atoms with Crippen LogP contribution in [-0.4, -0.2) is 27.6 Å². The molecule has 34 heavy (non-hydrogen) atoms. The molecule has 0 aromatic carbocycles. The summed E-state index contributed by atoms with van der Waals surface area (Å²) < 4.78 is 0. The van der Waals surface area contributed by atoms with Crippen LogP contribution < -0.4 is 0 Å². The number of allylic oxidation sites excluding steroid dienone is 3. The highest BCUT2D eigenvalue weighted by Crippen LogP contribution is 2.75. The van der Waals surface area contributed by atoms with E-state index in [-0.39, 0.29) is 39.3 Å². The van der Waals surface area contributed by atoms with Crippen molar-refractivity contribution in [2.75, 3.05) is 0 Å². The average Bonchev–Trinajstić information content (AvgIpc) is 2.74. The molecule has 5 rings (SSSR count). The highest BCUT2D eigenvalue weighted by atomic mass is 16.4. The number of aliphatic hydroxyl groups is 1. The second kappa shape index (κ2) is 6.87. The molecule has 0 radical (unpaired) electrons. The highest BCUT2D eigenvalue weighted by Gasteiger charge is 2.70. The molecule has 4 nitrogen and oxygen atoms in total. The zero-order valence-electron chi connectivity index (χ0n) is 22.2. The van der Waals surface area contributed by atoms with Gasteiger partial charge in [-0.15, -0.1) is 0 Å². The van der Waals surface area contributed by atoms with Crippen LogP contribution in [0.15, 0.2) is 23.8 Å². The minimum Gasteiger partial charge on any atom is -0.481 e. The van der Waals surface area contributed by atoms with Crippen LogP contribution in [0.2, 0.25) is 0 Å². The number of fused-ring (bicyclic) bond motifs is 7. The van der Waals surface area contributed by atoms with Crippen molar-refractivity contribution in [3.05, 3.63) is 23.8 Å². The van der Waals surface area contributed by atoms with Gasteiger partial charge in [-0.2, -0.15) is 0 Å². The summed E-state index contributed by atoms with van der Waals surface area (Å²) in [6, 6.07) is 0. The van der Waals surface area contributed by atoms with Crippen LogP contribution in [0.4, 0.5) is 0 Å². The van der Waals surface area contributed by atoms with Crippen molar-refractivity contribution in [2.45, 2.75) is 99.0 Å². The van der Waals surface area contributed by atoms with E-state index in [0.717, 1.165) is 32.1 Å². The summed E-state index contributed by atoms with van der Waals surface area (Å²) in [6.07, 6.45) is 12.2. The van der Waals surface area contributed by atoms with E-state index in [1.54, 1.807) is 0 Å². The number of ketones is 1. The second-order valence-corrected chi connectivity index (χ2v) is 14.1. The van der Waals surface area contributed by atoms with Gasteiger partial charge in [0.2, 0.25) is 0 Å². The van der Waals surface area contributed by atoms with Crippen molar-refractivity contribution in [2.24, 2.45) is 50.7 Å². The number of carbonyl (C=O) groups is 2. The molecule has 3 fully saturated rings. The Morgan fingerprint density at radius 3 is 2.29 bits per heavy atom. The molecular weight excluding hydrogens is 424 g/mol. The SMILES string of the molecule is CC1CCC2(C(=O)O)CCC3(C)C(=CCC4C5(C)C=CC(=O)C(C)(C)C5CCC43C)C2C1(C)O. The standard InChI is InChI=1S/C30H44O4/c1-18-10-15-30(24(32)33)17-16-27(5)19(23(30)29(18,7)34)8-9-21-26(4)13-12-22(31)25(2,3)20(26)11-14-28(21,27)6/h8,12-13,18,20-21,23,34H,9-11,14-17H2,1-7H3,(H,32,33). The van der Waals surface area contributed by atoms with Crippen LogP contribution in [0.3, 0.4) is 0 Å². The largest absolute Gasteiger partial charge is 0.481 e. The maximum absolute atomic E-state index is 12.8. The molecular formula is C30H44O4. The van der Waals surface area contributed by atoms with Gasteiger partial charge >= 0.3 is 5.97 Å². The number of hydrogen-bond donors (Lipinski definition) is 2. The predicted molar refractivity (Wildman–Crippen MR) is 133 cm³/mol. The number of carbonyl (C=O) groups excluding carboxylic acids is 1. The van der Waals surface area contributed by atoms with Crippen molar-refractivity contribution in [3.63, 3.8) is 0 Å². The lowest BCUT2D eigenvalue weighted by atomic mass is 9.33. The second-order valence-electron chi connectivity index (χ2n) is 14.1. The molecule has 0 bridgehead atoms. The first-order chi connectivity index (χ1) is 15.6. The van der Waals surface area contributed by atoms with Gasteiger partial charge in [-0.1, -0.05) is 59.3 Å². The molecule has 0 aliphatic heterocycles. The summed E-state index contributed by atoms with van der Waals surface area (Å²) in [7, 11) is 0. The predicted octanol–water partition coefficient (Wildman–Crippen LogP) is 6.19. The van der Waals surface area contributed by atoms with Crippen LogP contribution in [-0.2, 0) is 9.59 Å². The van der Waals surface area contributed by atoms with E-state index in [4.69, 9.17) is 0 Å². The molecule has 0 aromatic heterocycles. The number of carboxylic acids is 1. The van der Waals surface area contributed by atoms with Crippen LogP contribution in [0.5, 0.6) is 0 Å². The zero-order valence-corrected chi connectivity index (χ0v) is 22.2. The van der Waals surface area contributed by atoms with Crippen LogP contribution >= 0.6 is 0 Å².